The molecule has 0 saturated heterocycles. The summed E-state index contributed by atoms with van der Waals surface area (Å²) in [6.07, 6.45) is 1.37. The number of nitrogens with zero attached hydrogens (tertiary/aromatic N) is 1. The molecule has 0 aliphatic rings. The van der Waals surface area contributed by atoms with E-state index < -0.39 is 0 Å². The first-order chi connectivity index (χ1) is 7.65. The number of hydrogen-bond donors (Lipinski definition) is 2. The van der Waals surface area contributed by atoms with Gasteiger partial charge in [-0.25, -0.2) is 4.98 Å². The first-order valence-electron chi connectivity index (χ1n) is 4.71. The number of aromatic amines is 1. The van der Waals surface area contributed by atoms with E-state index in [0.29, 0.717) is 5.82 Å². The fraction of sp³-hybridized carbons (Fsp3) is 0.200. The predicted molar refractivity (Wildman–Crippen MR) is 66.2 cm³/mol. The fourth-order valence-corrected chi connectivity index (χ4v) is 2.36. The molecule has 6 heteroatoms. The van der Waals surface area contributed by atoms with Crippen molar-refractivity contribution in [1.29, 1.82) is 0 Å². The van der Waals surface area contributed by atoms with E-state index in [4.69, 9.17) is 11.6 Å². The lowest BCUT2D eigenvalue weighted by molar-refractivity contribution is 0.891. The van der Waals surface area contributed by atoms with Gasteiger partial charge in [-0.15, -0.1) is 11.3 Å². The van der Waals surface area contributed by atoms with Crippen molar-refractivity contribution in [3.8, 4) is 0 Å². The molecule has 1 atom stereocenters. The Bertz CT molecular complexity index is 537. The maximum atomic E-state index is 11.1. The third-order valence-corrected chi connectivity index (χ3v) is 3.48. The molecule has 0 spiro atoms. The van der Waals surface area contributed by atoms with Crippen molar-refractivity contribution in [1.82, 2.24) is 9.97 Å². The summed E-state index contributed by atoms with van der Waals surface area (Å²) in [5, 5.41) is 3.13. The Hall–Kier alpha value is -1.33. The van der Waals surface area contributed by atoms with Crippen LogP contribution in [0.4, 0.5) is 5.82 Å². The van der Waals surface area contributed by atoms with Crippen LogP contribution in [0.15, 0.2) is 29.3 Å². The molecule has 84 valence electrons. The summed E-state index contributed by atoms with van der Waals surface area (Å²) in [6.45, 7) is 1.99. The Morgan fingerprint density at radius 3 is 3.00 bits per heavy atom. The van der Waals surface area contributed by atoms with E-state index in [2.05, 4.69) is 15.3 Å². The molecular formula is C10H10ClN3OS. The van der Waals surface area contributed by atoms with Crippen LogP contribution in [-0.4, -0.2) is 9.97 Å². The molecule has 2 N–H and O–H groups in total. The third-order valence-electron chi connectivity index (χ3n) is 2.06. The number of nitrogens with one attached hydrogen (secondary N) is 2. The second-order valence-corrected chi connectivity index (χ2v) is 5.05. The van der Waals surface area contributed by atoms with Gasteiger partial charge < -0.3 is 10.3 Å². The molecule has 4 nitrogen and oxygen atoms in total. The van der Waals surface area contributed by atoms with Crippen LogP contribution in [0.5, 0.6) is 0 Å². The number of halogens is 1. The van der Waals surface area contributed by atoms with Gasteiger partial charge in [0.15, 0.2) is 0 Å². The lowest BCUT2D eigenvalue weighted by Crippen LogP contribution is -2.11. The first kappa shape index (κ1) is 11.2. The van der Waals surface area contributed by atoms with Crippen molar-refractivity contribution in [2.24, 2.45) is 0 Å². The summed E-state index contributed by atoms with van der Waals surface area (Å²) in [4.78, 5) is 18.6. The van der Waals surface area contributed by atoms with Crippen LogP contribution in [-0.2, 0) is 0 Å². The van der Waals surface area contributed by atoms with E-state index >= 15 is 0 Å². The van der Waals surface area contributed by atoms with Gasteiger partial charge in [0, 0.05) is 10.9 Å². The largest absolute Gasteiger partial charge is 0.363 e. The molecule has 0 bridgehead atoms. The van der Waals surface area contributed by atoms with Crippen LogP contribution in [0.2, 0.25) is 4.34 Å². The van der Waals surface area contributed by atoms with Crippen LogP contribution >= 0.6 is 22.9 Å². The summed E-state index contributed by atoms with van der Waals surface area (Å²) >= 11 is 7.36. The summed E-state index contributed by atoms with van der Waals surface area (Å²) in [7, 11) is 0. The number of rotatable bonds is 3. The SMILES string of the molecule is CC(Nc1cc(=O)[nH]cn1)c1ccc(Cl)s1. The van der Waals surface area contributed by atoms with E-state index in [0.717, 1.165) is 9.21 Å². The molecule has 0 fully saturated rings. The van der Waals surface area contributed by atoms with E-state index in [1.54, 1.807) is 0 Å². The zero-order valence-electron chi connectivity index (χ0n) is 8.53. The number of hydrogen-bond acceptors (Lipinski definition) is 4. The monoisotopic (exact) mass is 255 g/mol. The van der Waals surface area contributed by atoms with Crippen LogP contribution in [0.1, 0.15) is 17.8 Å². The molecule has 0 aliphatic carbocycles. The molecule has 0 radical (unpaired) electrons. The molecule has 2 rings (SSSR count). The highest BCUT2D eigenvalue weighted by Crippen LogP contribution is 2.28. The Kier molecular flexibility index (Phi) is 3.26. The second kappa shape index (κ2) is 4.67. The van der Waals surface area contributed by atoms with Gasteiger partial charge >= 0.3 is 0 Å². The molecule has 1 unspecified atom stereocenters. The third kappa shape index (κ3) is 2.62. The van der Waals surface area contributed by atoms with E-state index in [1.807, 2.05) is 19.1 Å². The van der Waals surface area contributed by atoms with Crippen molar-refractivity contribution < 1.29 is 0 Å². The van der Waals surface area contributed by atoms with Gasteiger partial charge in [0.2, 0.25) is 0 Å². The summed E-state index contributed by atoms with van der Waals surface area (Å²) in [5.41, 5.74) is -0.172. The molecule has 0 aliphatic heterocycles. The predicted octanol–water partition coefficient (Wildman–Crippen LogP) is 2.66. The van der Waals surface area contributed by atoms with E-state index in [9.17, 15) is 4.79 Å². The van der Waals surface area contributed by atoms with Crippen LogP contribution in [0.25, 0.3) is 0 Å². The standard InChI is InChI=1S/C10H10ClN3OS/c1-6(7-2-3-8(11)16-7)14-9-4-10(15)13-5-12-9/h2-6H,1H3,(H2,12,13,14,15). The minimum Gasteiger partial charge on any atom is -0.363 e. The Morgan fingerprint density at radius 2 is 2.38 bits per heavy atom. The highest BCUT2D eigenvalue weighted by Gasteiger charge is 2.08. The summed E-state index contributed by atoms with van der Waals surface area (Å²) < 4.78 is 0.752. The molecule has 16 heavy (non-hydrogen) atoms. The van der Waals surface area contributed by atoms with Crippen molar-refractivity contribution in [2.45, 2.75) is 13.0 Å². The molecule has 2 aromatic rings. The van der Waals surface area contributed by atoms with Gasteiger partial charge in [-0.3, -0.25) is 4.79 Å². The van der Waals surface area contributed by atoms with Gasteiger partial charge in [-0.1, -0.05) is 11.6 Å². The van der Waals surface area contributed by atoms with Crippen molar-refractivity contribution in [2.75, 3.05) is 5.32 Å². The van der Waals surface area contributed by atoms with Crippen LogP contribution in [0, 0.1) is 0 Å². The van der Waals surface area contributed by atoms with Gasteiger partial charge in [-0.05, 0) is 19.1 Å². The number of H-pyrrole nitrogens is 1. The number of thiophene rings is 1. The smallest absolute Gasteiger partial charge is 0.252 e. The Morgan fingerprint density at radius 1 is 1.56 bits per heavy atom. The number of aromatic nitrogens is 2. The zero-order chi connectivity index (χ0) is 11.5. The summed E-state index contributed by atoms with van der Waals surface area (Å²) in [6, 6.07) is 5.31. The Balaban J connectivity index is 2.13. The zero-order valence-corrected chi connectivity index (χ0v) is 10.1. The molecule has 0 saturated carbocycles. The Labute approximate surface area is 101 Å². The minimum absolute atomic E-state index is 0.0757. The van der Waals surface area contributed by atoms with Crippen LogP contribution in [0.3, 0.4) is 0 Å². The fourth-order valence-electron chi connectivity index (χ4n) is 1.30. The molecule has 2 heterocycles. The number of anilines is 1. The lowest BCUT2D eigenvalue weighted by Gasteiger charge is -2.11. The van der Waals surface area contributed by atoms with Gasteiger partial charge in [0.25, 0.3) is 5.56 Å². The van der Waals surface area contributed by atoms with Crippen molar-refractivity contribution in [3.05, 3.63) is 44.1 Å². The molecule has 2 aromatic heterocycles. The lowest BCUT2D eigenvalue weighted by atomic mass is 10.3. The highest BCUT2D eigenvalue weighted by molar-refractivity contribution is 7.16. The maximum Gasteiger partial charge on any atom is 0.252 e. The molecule has 0 aromatic carbocycles. The molecule has 0 amide bonds. The van der Waals surface area contributed by atoms with E-state index in [1.165, 1.54) is 23.7 Å². The quantitative estimate of drug-likeness (QED) is 0.887. The van der Waals surface area contributed by atoms with Crippen molar-refractivity contribution in [3.63, 3.8) is 0 Å². The molecular weight excluding hydrogens is 246 g/mol. The topological polar surface area (TPSA) is 57.8 Å². The first-order valence-corrected chi connectivity index (χ1v) is 5.91. The average molecular weight is 256 g/mol. The van der Waals surface area contributed by atoms with Gasteiger partial charge in [-0.2, -0.15) is 0 Å². The normalized spacial score (nSPS) is 12.4. The van der Waals surface area contributed by atoms with Crippen molar-refractivity contribution >= 4 is 28.8 Å². The second-order valence-electron chi connectivity index (χ2n) is 3.30. The van der Waals surface area contributed by atoms with Gasteiger partial charge in [0.05, 0.1) is 16.7 Å². The summed E-state index contributed by atoms with van der Waals surface area (Å²) in [5.74, 6) is 0.556. The van der Waals surface area contributed by atoms with Crippen LogP contribution < -0.4 is 10.9 Å². The minimum atomic E-state index is -0.172. The van der Waals surface area contributed by atoms with Gasteiger partial charge in [0.1, 0.15) is 5.82 Å². The highest BCUT2D eigenvalue weighted by atomic mass is 35.5. The average Bonchev–Trinajstić information content (AvgIpc) is 2.65. The van der Waals surface area contributed by atoms with E-state index in [-0.39, 0.29) is 11.6 Å². The maximum absolute atomic E-state index is 11.1.